The van der Waals surface area contributed by atoms with Gasteiger partial charge in [-0.1, -0.05) is 6.08 Å². The van der Waals surface area contributed by atoms with Gasteiger partial charge < -0.3 is 14.7 Å². The van der Waals surface area contributed by atoms with Gasteiger partial charge in [0.05, 0.1) is 19.4 Å². The summed E-state index contributed by atoms with van der Waals surface area (Å²) in [6.07, 6.45) is 2.05. The molecule has 162 valence electrons. The zero-order chi connectivity index (χ0) is 22.1. The van der Waals surface area contributed by atoms with E-state index in [0.29, 0.717) is 31.0 Å². The minimum absolute atomic E-state index is 0.0105. The van der Waals surface area contributed by atoms with Gasteiger partial charge >= 0.3 is 0 Å². The maximum Gasteiger partial charge on any atom is 0.210 e. The van der Waals surface area contributed by atoms with Crippen LogP contribution in [0.25, 0.3) is 0 Å². The van der Waals surface area contributed by atoms with Crippen LogP contribution >= 0.6 is 0 Å². The highest BCUT2D eigenvalue weighted by Gasteiger charge is 2.49. The van der Waals surface area contributed by atoms with Crippen LogP contribution in [0.2, 0.25) is 0 Å². The molecule has 1 saturated heterocycles. The predicted octanol–water partition coefficient (Wildman–Crippen LogP) is 3.98. The summed E-state index contributed by atoms with van der Waals surface area (Å²) >= 11 is 0. The fourth-order valence-corrected chi connectivity index (χ4v) is 4.67. The maximum absolute atomic E-state index is 14.7. The van der Waals surface area contributed by atoms with Crippen LogP contribution in [0.4, 0.5) is 14.5 Å². The number of fused-ring (bicyclic) bond motifs is 5. The van der Waals surface area contributed by atoms with Crippen LogP contribution in [-0.2, 0) is 0 Å². The van der Waals surface area contributed by atoms with E-state index in [4.69, 9.17) is 4.74 Å². The SMILES string of the molecule is CC(=O)c1ccc(N2CN3CC=C4C(c5cc(F)c(O)c(F)c5OC4(C)C)N3C2)cc1. The third-order valence-electron chi connectivity index (χ3n) is 6.29. The Balaban J connectivity index is 1.54. The molecule has 8 heteroatoms. The fraction of sp³-hybridized carbons (Fsp3) is 0.348. The van der Waals surface area contributed by atoms with E-state index < -0.39 is 29.0 Å². The number of hydrazine groups is 1. The van der Waals surface area contributed by atoms with Gasteiger partial charge in [0.2, 0.25) is 5.82 Å². The largest absolute Gasteiger partial charge is 0.503 e. The Bertz CT molecular complexity index is 1110. The average molecular weight is 427 g/mol. The molecule has 1 N–H and O–H groups in total. The molecule has 0 bridgehead atoms. The molecular formula is C23H23F2N3O3. The first-order chi connectivity index (χ1) is 14.7. The van der Waals surface area contributed by atoms with Crippen LogP contribution in [0.3, 0.4) is 0 Å². The molecule has 0 amide bonds. The number of ether oxygens (including phenoxy) is 1. The van der Waals surface area contributed by atoms with Crippen LogP contribution < -0.4 is 9.64 Å². The van der Waals surface area contributed by atoms with Crippen molar-refractivity contribution < 1.29 is 23.4 Å². The van der Waals surface area contributed by atoms with E-state index >= 15 is 0 Å². The van der Waals surface area contributed by atoms with Crippen molar-refractivity contribution >= 4 is 11.5 Å². The van der Waals surface area contributed by atoms with Crippen molar-refractivity contribution in [3.63, 3.8) is 0 Å². The summed E-state index contributed by atoms with van der Waals surface area (Å²) in [5.74, 6) is -3.21. The Labute approximate surface area is 178 Å². The summed E-state index contributed by atoms with van der Waals surface area (Å²) in [4.78, 5) is 13.7. The molecule has 3 aliphatic rings. The first-order valence-electron chi connectivity index (χ1n) is 10.1. The van der Waals surface area contributed by atoms with Crippen LogP contribution in [0.1, 0.15) is 42.7 Å². The quantitative estimate of drug-likeness (QED) is 0.578. The molecule has 0 radical (unpaired) electrons. The molecule has 0 saturated carbocycles. The molecule has 31 heavy (non-hydrogen) atoms. The summed E-state index contributed by atoms with van der Waals surface area (Å²) in [5.41, 5.74) is 2.07. The zero-order valence-corrected chi connectivity index (χ0v) is 17.5. The summed E-state index contributed by atoms with van der Waals surface area (Å²) in [6.45, 7) is 6.96. The number of hydrogen-bond acceptors (Lipinski definition) is 6. The fourth-order valence-electron chi connectivity index (χ4n) is 4.67. The molecule has 2 aromatic carbocycles. The van der Waals surface area contributed by atoms with Crippen molar-refractivity contribution in [3.05, 3.63) is 64.7 Å². The molecule has 0 aromatic heterocycles. The van der Waals surface area contributed by atoms with Gasteiger partial charge in [-0.3, -0.25) is 4.79 Å². The van der Waals surface area contributed by atoms with Crippen molar-refractivity contribution in [2.24, 2.45) is 0 Å². The monoisotopic (exact) mass is 427 g/mol. The number of hydrogen-bond donors (Lipinski definition) is 1. The predicted molar refractivity (Wildman–Crippen MR) is 111 cm³/mol. The number of aromatic hydroxyl groups is 1. The molecule has 6 nitrogen and oxygen atoms in total. The average Bonchev–Trinajstić information content (AvgIpc) is 3.17. The number of anilines is 1. The smallest absolute Gasteiger partial charge is 0.210 e. The molecule has 3 heterocycles. The number of rotatable bonds is 2. The van der Waals surface area contributed by atoms with Crippen LogP contribution in [0.5, 0.6) is 11.5 Å². The summed E-state index contributed by atoms with van der Waals surface area (Å²) in [7, 11) is 0. The van der Waals surface area contributed by atoms with E-state index in [0.717, 1.165) is 17.3 Å². The lowest BCUT2D eigenvalue weighted by atomic mass is 9.82. The minimum Gasteiger partial charge on any atom is -0.503 e. The summed E-state index contributed by atoms with van der Waals surface area (Å²) < 4.78 is 34.9. The van der Waals surface area contributed by atoms with Crippen LogP contribution in [0, 0.1) is 11.6 Å². The van der Waals surface area contributed by atoms with Crippen molar-refractivity contribution in [3.8, 4) is 11.5 Å². The molecule has 1 fully saturated rings. The van der Waals surface area contributed by atoms with Crippen LogP contribution in [0.15, 0.2) is 42.0 Å². The van der Waals surface area contributed by atoms with Crippen molar-refractivity contribution in [1.82, 2.24) is 10.0 Å². The Morgan fingerprint density at radius 3 is 2.58 bits per heavy atom. The molecule has 2 aromatic rings. The van der Waals surface area contributed by atoms with Crippen molar-refractivity contribution in [1.29, 1.82) is 0 Å². The Morgan fingerprint density at radius 1 is 1.19 bits per heavy atom. The Hall–Kier alpha value is -2.97. The topological polar surface area (TPSA) is 56.3 Å². The Kier molecular flexibility index (Phi) is 4.36. The highest BCUT2D eigenvalue weighted by Crippen LogP contribution is 2.51. The van der Waals surface area contributed by atoms with Gasteiger partial charge in [-0.15, -0.1) is 0 Å². The first kappa shape index (κ1) is 20.0. The van der Waals surface area contributed by atoms with E-state index in [2.05, 4.69) is 21.0 Å². The van der Waals surface area contributed by atoms with Crippen molar-refractivity contribution in [2.45, 2.75) is 32.4 Å². The molecule has 3 aliphatic heterocycles. The molecular weight excluding hydrogens is 404 g/mol. The third kappa shape index (κ3) is 3.01. The standard InChI is InChI=1S/C23H23F2N3O3/c1-13(29)14-4-6-15(7-5-14)26-11-27-9-8-17-20(28(27)12-26)16-10-18(24)21(30)19(25)22(16)31-23(17,2)3/h4-8,10,20,30H,9,11-12H2,1-3H3. The van der Waals surface area contributed by atoms with Gasteiger partial charge in [-0.2, -0.15) is 4.39 Å². The number of Topliss-reactive ketones (excluding diaryl/α,β-unsaturated/α-hetero) is 1. The first-order valence-corrected chi connectivity index (χ1v) is 10.1. The van der Waals surface area contributed by atoms with Gasteiger partial charge in [0.15, 0.2) is 23.1 Å². The molecule has 0 spiro atoms. The van der Waals surface area contributed by atoms with Gasteiger partial charge in [0.1, 0.15) is 5.60 Å². The highest BCUT2D eigenvalue weighted by molar-refractivity contribution is 5.94. The van der Waals surface area contributed by atoms with Crippen molar-refractivity contribution in [2.75, 3.05) is 24.8 Å². The Morgan fingerprint density at radius 2 is 1.90 bits per heavy atom. The molecule has 1 unspecified atom stereocenters. The van der Waals surface area contributed by atoms with E-state index in [9.17, 15) is 18.7 Å². The molecule has 0 aliphatic carbocycles. The lowest BCUT2D eigenvalue weighted by Crippen LogP contribution is -2.51. The van der Waals surface area contributed by atoms with E-state index in [1.807, 2.05) is 26.0 Å². The third-order valence-corrected chi connectivity index (χ3v) is 6.29. The number of phenolic OH excluding ortho intramolecular Hbond substituents is 1. The highest BCUT2D eigenvalue weighted by atomic mass is 19.1. The van der Waals surface area contributed by atoms with Crippen LogP contribution in [-0.4, -0.2) is 46.4 Å². The number of ketones is 1. The van der Waals surface area contributed by atoms with Gasteiger partial charge in [0.25, 0.3) is 0 Å². The second kappa shape index (κ2) is 6.77. The zero-order valence-electron chi connectivity index (χ0n) is 17.5. The second-order valence-corrected chi connectivity index (χ2v) is 8.67. The van der Waals surface area contributed by atoms with Gasteiger partial charge in [0, 0.05) is 23.4 Å². The molecule has 1 atom stereocenters. The number of phenols is 1. The minimum atomic E-state index is -1.07. The number of benzene rings is 2. The van der Waals surface area contributed by atoms with E-state index in [1.165, 1.54) is 6.92 Å². The lowest BCUT2D eigenvalue weighted by molar-refractivity contribution is -0.0309. The summed E-state index contributed by atoms with van der Waals surface area (Å²) in [5, 5.41) is 14.0. The molecule has 5 rings (SSSR count). The lowest BCUT2D eigenvalue weighted by Gasteiger charge is -2.47. The van der Waals surface area contributed by atoms with Gasteiger partial charge in [-0.25, -0.2) is 14.4 Å². The number of halogens is 2. The number of carbonyl (C=O) groups excluding carboxylic acids is 1. The second-order valence-electron chi connectivity index (χ2n) is 8.67. The van der Waals surface area contributed by atoms with E-state index in [-0.39, 0.29) is 11.5 Å². The van der Waals surface area contributed by atoms with E-state index in [1.54, 1.807) is 12.1 Å². The normalized spacial score (nSPS) is 22.3. The number of nitrogens with zero attached hydrogens (tertiary/aromatic N) is 3. The number of carbonyl (C=O) groups is 1. The summed E-state index contributed by atoms with van der Waals surface area (Å²) in [6, 6.07) is 8.16. The van der Waals surface area contributed by atoms with Gasteiger partial charge in [-0.05, 0) is 56.7 Å². The maximum atomic E-state index is 14.7.